The molecular formula is C19H25N5O3. The van der Waals surface area contributed by atoms with Gasteiger partial charge in [0.1, 0.15) is 12.0 Å². The highest BCUT2D eigenvalue weighted by molar-refractivity contribution is 5.82. The molecule has 2 aromatic rings. The van der Waals surface area contributed by atoms with E-state index >= 15 is 0 Å². The van der Waals surface area contributed by atoms with Crippen LogP contribution in [-0.4, -0.2) is 76.8 Å². The third kappa shape index (κ3) is 3.24. The molecule has 4 rings (SSSR count). The average Bonchev–Trinajstić information content (AvgIpc) is 3.11. The molecule has 2 N–H and O–H groups in total. The lowest BCUT2D eigenvalue weighted by molar-refractivity contribution is -0.167. The first-order valence-electron chi connectivity index (χ1n) is 9.37. The van der Waals surface area contributed by atoms with E-state index in [2.05, 4.69) is 27.2 Å². The molecule has 8 nitrogen and oxygen atoms in total. The molecule has 0 aliphatic carbocycles. The smallest absolute Gasteiger partial charge is 0.409 e. The van der Waals surface area contributed by atoms with E-state index in [4.69, 9.17) is 4.74 Å². The van der Waals surface area contributed by atoms with Crippen molar-refractivity contribution in [1.29, 1.82) is 0 Å². The minimum absolute atomic E-state index is 0.285. The molecule has 0 spiro atoms. The summed E-state index contributed by atoms with van der Waals surface area (Å²) in [6.45, 7) is 2.79. The van der Waals surface area contributed by atoms with Crippen molar-refractivity contribution in [2.45, 2.75) is 24.6 Å². The van der Waals surface area contributed by atoms with Crippen molar-refractivity contribution < 1.29 is 14.6 Å². The van der Waals surface area contributed by atoms with Crippen molar-refractivity contribution in [3.05, 3.63) is 36.3 Å². The zero-order chi connectivity index (χ0) is 18.9. The van der Waals surface area contributed by atoms with Gasteiger partial charge in [-0.05, 0) is 32.5 Å². The minimum Gasteiger partial charge on any atom is -0.465 e. The molecule has 0 bridgehead atoms. The van der Waals surface area contributed by atoms with Crippen LogP contribution < -0.4 is 5.32 Å². The zero-order valence-corrected chi connectivity index (χ0v) is 15.5. The number of carboxylic acid groups (broad SMARTS) is 1. The van der Waals surface area contributed by atoms with E-state index in [9.17, 15) is 9.90 Å². The molecule has 8 heteroatoms. The van der Waals surface area contributed by atoms with Crippen LogP contribution in [0.1, 0.15) is 18.5 Å². The van der Waals surface area contributed by atoms with Crippen LogP contribution in [0.3, 0.4) is 0 Å². The zero-order valence-electron chi connectivity index (χ0n) is 15.5. The summed E-state index contributed by atoms with van der Waals surface area (Å²) >= 11 is 0. The van der Waals surface area contributed by atoms with E-state index in [0.29, 0.717) is 31.9 Å². The maximum Gasteiger partial charge on any atom is 0.409 e. The number of benzene rings is 1. The number of likely N-dealkylation sites (N-methyl/N-ethyl adjacent to an activating group) is 1. The summed E-state index contributed by atoms with van der Waals surface area (Å²) in [5.74, 6) is 0. The number of piperazine rings is 1. The van der Waals surface area contributed by atoms with Crippen molar-refractivity contribution in [3.8, 4) is 0 Å². The molecule has 1 amide bonds. The molecule has 1 aromatic carbocycles. The quantitative estimate of drug-likeness (QED) is 0.841. The number of nitrogens with zero attached hydrogens (tertiary/aromatic N) is 4. The summed E-state index contributed by atoms with van der Waals surface area (Å²) in [6, 6.07) is 7.93. The predicted molar refractivity (Wildman–Crippen MR) is 100 cm³/mol. The number of ether oxygens (including phenoxy) is 1. The van der Waals surface area contributed by atoms with Crippen LogP contribution in [0.25, 0.3) is 10.9 Å². The van der Waals surface area contributed by atoms with E-state index in [-0.39, 0.29) is 6.04 Å². The number of nitrogens with one attached hydrogen (secondary N) is 1. The lowest BCUT2D eigenvalue weighted by Gasteiger charge is -2.45. The van der Waals surface area contributed by atoms with Crippen molar-refractivity contribution in [2.24, 2.45) is 0 Å². The van der Waals surface area contributed by atoms with Gasteiger partial charge < -0.3 is 20.1 Å². The summed E-state index contributed by atoms with van der Waals surface area (Å²) in [4.78, 5) is 24.6. The third-order valence-electron chi connectivity index (χ3n) is 5.64. The number of aromatic nitrogens is 2. The van der Waals surface area contributed by atoms with Gasteiger partial charge in [0.2, 0.25) is 5.72 Å². The molecule has 27 heavy (non-hydrogen) atoms. The van der Waals surface area contributed by atoms with E-state index in [1.807, 2.05) is 24.3 Å². The number of carbonyl (C=O) groups is 1. The van der Waals surface area contributed by atoms with E-state index in [1.165, 1.54) is 11.2 Å². The fourth-order valence-electron chi connectivity index (χ4n) is 4.12. The minimum atomic E-state index is -1.17. The molecule has 2 aliphatic rings. The Kier molecular flexibility index (Phi) is 4.94. The van der Waals surface area contributed by atoms with Crippen LogP contribution in [0.15, 0.2) is 30.6 Å². The molecule has 1 aromatic heterocycles. The molecule has 2 saturated heterocycles. The topological polar surface area (TPSA) is 90.8 Å². The molecule has 2 atom stereocenters. The normalized spacial score (nSPS) is 26.6. The van der Waals surface area contributed by atoms with Gasteiger partial charge in [0, 0.05) is 24.5 Å². The van der Waals surface area contributed by atoms with Crippen LogP contribution in [0.4, 0.5) is 4.79 Å². The Labute approximate surface area is 158 Å². The standard InChI is InChI=1S/C19H25N5O3/c1-23-9-4-5-14(23)11-27-19(12-20-8-10-24(19)18(25)26)17-15-6-2-3-7-16(15)21-13-22-17/h2-3,6-7,13-14,20H,4-5,8-12H2,1H3,(H,25,26)/t14-,19?/m0/s1. The molecule has 144 valence electrons. The second kappa shape index (κ2) is 7.38. The highest BCUT2D eigenvalue weighted by Crippen LogP contribution is 2.35. The monoisotopic (exact) mass is 371 g/mol. The molecular weight excluding hydrogens is 346 g/mol. The predicted octanol–water partition coefficient (Wildman–Crippen LogP) is 1.48. The first-order chi connectivity index (χ1) is 13.1. The van der Waals surface area contributed by atoms with Gasteiger partial charge in [-0.2, -0.15) is 0 Å². The van der Waals surface area contributed by atoms with Gasteiger partial charge in [0.25, 0.3) is 0 Å². The van der Waals surface area contributed by atoms with Crippen LogP contribution in [0.2, 0.25) is 0 Å². The van der Waals surface area contributed by atoms with Crippen molar-refractivity contribution in [3.63, 3.8) is 0 Å². The van der Waals surface area contributed by atoms with E-state index in [0.717, 1.165) is 30.3 Å². The van der Waals surface area contributed by atoms with E-state index < -0.39 is 11.8 Å². The Morgan fingerprint density at radius 3 is 3.00 bits per heavy atom. The van der Waals surface area contributed by atoms with Crippen LogP contribution in [0.5, 0.6) is 0 Å². The van der Waals surface area contributed by atoms with Gasteiger partial charge in [0.15, 0.2) is 0 Å². The number of fused-ring (bicyclic) bond motifs is 1. The highest BCUT2D eigenvalue weighted by atomic mass is 16.5. The molecule has 0 radical (unpaired) electrons. The second-order valence-corrected chi connectivity index (χ2v) is 7.22. The summed E-state index contributed by atoms with van der Waals surface area (Å²) in [6.07, 6.45) is 2.67. The largest absolute Gasteiger partial charge is 0.465 e. The second-order valence-electron chi connectivity index (χ2n) is 7.22. The van der Waals surface area contributed by atoms with Crippen LogP contribution in [-0.2, 0) is 10.5 Å². The fraction of sp³-hybridized carbons (Fsp3) is 0.526. The van der Waals surface area contributed by atoms with Crippen molar-refractivity contribution >= 4 is 17.0 Å². The summed E-state index contributed by atoms with van der Waals surface area (Å²) in [7, 11) is 2.09. The van der Waals surface area contributed by atoms with Crippen LogP contribution in [0, 0.1) is 0 Å². The third-order valence-corrected chi connectivity index (χ3v) is 5.64. The van der Waals surface area contributed by atoms with E-state index in [1.54, 1.807) is 0 Å². The molecule has 2 fully saturated rings. The van der Waals surface area contributed by atoms with Crippen molar-refractivity contribution in [2.75, 3.05) is 39.8 Å². The van der Waals surface area contributed by atoms with Gasteiger partial charge in [-0.25, -0.2) is 14.8 Å². The Hall–Kier alpha value is -2.29. The number of likely N-dealkylation sites (tertiary alicyclic amines) is 1. The Balaban J connectivity index is 1.78. The van der Waals surface area contributed by atoms with Gasteiger partial charge in [0.05, 0.1) is 18.7 Å². The Bertz CT molecular complexity index is 827. The number of amides is 1. The highest BCUT2D eigenvalue weighted by Gasteiger charge is 2.47. The first kappa shape index (κ1) is 18.1. The lowest BCUT2D eigenvalue weighted by atomic mass is 10.00. The van der Waals surface area contributed by atoms with Gasteiger partial charge in [-0.1, -0.05) is 18.2 Å². The SMILES string of the molecule is CN1CCC[C@H]1COC1(c2ncnc3ccccc23)CNCCN1C(=O)O. The summed E-state index contributed by atoms with van der Waals surface area (Å²) < 4.78 is 6.44. The maximum atomic E-state index is 12.1. The fourth-order valence-corrected chi connectivity index (χ4v) is 4.12. The van der Waals surface area contributed by atoms with Crippen molar-refractivity contribution in [1.82, 2.24) is 25.1 Å². The molecule has 1 unspecified atom stereocenters. The maximum absolute atomic E-state index is 12.1. The van der Waals surface area contributed by atoms with Gasteiger partial charge in [-0.3, -0.25) is 4.90 Å². The van der Waals surface area contributed by atoms with Crippen LogP contribution >= 0.6 is 0 Å². The average molecular weight is 371 g/mol. The first-order valence-corrected chi connectivity index (χ1v) is 9.37. The molecule has 0 saturated carbocycles. The molecule has 3 heterocycles. The lowest BCUT2D eigenvalue weighted by Crippen LogP contribution is -2.63. The number of hydrogen-bond donors (Lipinski definition) is 2. The van der Waals surface area contributed by atoms with Gasteiger partial charge in [-0.15, -0.1) is 0 Å². The summed E-state index contributed by atoms with van der Waals surface area (Å²) in [5.41, 5.74) is 0.207. The van der Waals surface area contributed by atoms with Gasteiger partial charge >= 0.3 is 6.09 Å². The molecule has 2 aliphatic heterocycles. The Morgan fingerprint density at radius 2 is 2.22 bits per heavy atom. The Morgan fingerprint density at radius 1 is 1.37 bits per heavy atom. The number of para-hydroxylation sites is 1. The number of rotatable bonds is 4. The summed E-state index contributed by atoms with van der Waals surface area (Å²) in [5, 5.41) is 14.0. The number of hydrogen-bond acceptors (Lipinski definition) is 6.